The highest BCUT2D eigenvalue weighted by molar-refractivity contribution is 6.00. The summed E-state index contributed by atoms with van der Waals surface area (Å²) < 4.78 is 23.2. The molecule has 2 aromatic rings. The van der Waals surface area contributed by atoms with Crippen molar-refractivity contribution in [2.75, 3.05) is 44.8 Å². The molecule has 2 amide bonds. The van der Waals surface area contributed by atoms with Gasteiger partial charge in [-0.3, -0.25) is 9.69 Å². The van der Waals surface area contributed by atoms with E-state index in [0.29, 0.717) is 30.4 Å². The van der Waals surface area contributed by atoms with Gasteiger partial charge in [0.1, 0.15) is 36.4 Å². The summed E-state index contributed by atoms with van der Waals surface area (Å²) in [5.74, 6) is 0.895. The summed E-state index contributed by atoms with van der Waals surface area (Å²) >= 11 is 0. The minimum absolute atomic E-state index is 0.00961. The van der Waals surface area contributed by atoms with Gasteiger partial charge in [-0.15, -0.1) is 0 Å². The minimum atomic E-state index is -0.860. The number of alkyl carbamates (subject to hydrolysis) is 1. The number of hydrogen-bond acceptors (Lipinski definition) is 7. The van der Waals surface area contributed by atoms with Crippen LogP contribution >= 0.6 is 0 Å². The third kappa shape index (κ3) is 7.14. The zero-order chi connectivity index (χ0) is 26.6. The lowest BCUT2D eigenvalue weighted by Gasteiger charge is -2.47. The zero-order valence-corrected chi connectivity index (χ0v) is 22.3. The van der Waals surface area contributed by atoms with Crippen LogP contribution in [-0.4, -0.2) is 74.0 Å². The average Bonchev–Trinajstić information content (AvgIpc) is 2.93. The molecule has 1 atom stereocenters. The van der Waals surface area contributed by atoms with Crippen molar-refractivity contribution in [1.29, 1.82) is 0 Å². The van der Waals surface area contributed by atoms with Gasteiger partial charge in [-0.2, -0.15) is 0 Å². The summed E-state index contributed by atoms with van der Waals surface area (Å²) in [6, 6.07) is 14.7. The molecule has 200 valence electrons. The third-order valence-electron chi connectivity index (χ3n) is 6.24. The van der Waals surface area contributed by atoms with Crippen LogP contribution in [0.2, 0.25) is 0 Å². The predicted octanol–water partition coefficient (Wildman–Crippen LogP) is 3.61. The van der Waals surface area contributed by atoms with Gasteiger partial charge >= 0.3 is 6.09 Å². The number of ether oxygens (including phenoxy) is 4. The Bertz CT molecular complexity index is 1090. The molecule has 4 rings (SSSR count). The van der Waals surface area contributed by atoms with Crippen molar-refractivity contribution in [2.24, 2.45) is 0 Å². The second kappa shape index (κ2) is 11.0. The molecular formula is C28H37N3O6. The van der Waals surface area contributed by atoms with E-state index >= 15 is 0 Å². The molecule has 0 saturated carbocycles. The second-order valence-corrected chi connectivity index (χ2v) is 10.8. The van der Waals surface area contributed by atoms with Crippen LogP contribution < -0.4 is 19.7 Å². The monoisotopic (exact) mass is 511 g/mol. The van der Waals surface area contributed by atoms with Crippen LogP contribution in [0.25, 0.3) is 0 Å². The highest BCUT2D eigenvalue weighted by atomic mass is 16.6. The van der Waals surface area contributed by atoms with E-state index in [1.165, 1.54) is 10.5 Å². The zero-order valence-electron chi connectivity index (χ0n) is 22.3. The molecule has 2 aliphatic rings. The van der Waals surface area contributed by atoms with Crippen LogP contribution in [0, 0.1) is 0 Å². The number of likely N-dealkylation sites (N-methyl/N-ethyl adjacent to an activating group) is 1. The predicted molar refractivity (Wildman–Crippen MR) is 140 cm³/mol. The first-order valence-corrected chi connectivity index (χ1v) is 12.6. The normalized spacial score (nSPS) is 19.2. The largest absolute Gasteiger partial charge is 0.492 e. The Hall–Kier alpha value is -3.30. The molecular weight excluding hydrogens is 474 g/mol. The van der Waals surface area contributed by atoms with E-state index < -0.39 is 17.7 Å². The molecule has 9 heteroatoms. The molecule has 0 aliphatic carbocycles. The summed E-state index contributed by atoms with van der Waals surface area (Å²) in [5.41, 5.74) is 0.948. The van der Waals surface area contributed by atoms with Crippen molar-refractivity contribution < 1.29 is 28.5 Å². The number of rotatable bonds is 8. The SMILES string of the molecule is CN1C(=O)[C@@H](NC(=O)OC(C)(C)C)COc2ccc(OCCN3CC(C)(OCc4ccccc4)C3)cc21. The van der Waals surface area contributed by atoms with E-state index in [1.807, 2.05) is 24.3 Å². The fraction of sp³-hybridized carbons (Fsp3) is 0.500. The number of benzene rings is 2. The standard InChI is InChI=1S/C28H37N3O6/c1-27(2,3)37-26(33)29-22-17-35-24-12-11-21(15-23(24)30(5)25(22)32)34-14-13-31-18-28(4,19-31)36-16-20-9-7-6-8-10-20/h6-12,15,22H,13-14,16-19H2,1-5H3,(H,29,33)/t22-/m0/s1. The Kier molecular flexibility index (Phi) is 7.94. The van der Waals surface area contributed by atoms with Crippen LogP contribution in [0.4, 0.5) is 10.5 Å². The number of carbonyl (C=O) groups excluding carboxylic acids is 2. The fourth-order valence-electron chi connectivity index (χ4n) is 4.39. The van der Waals surface area contributed by atoms with E-state index in [9.17, 15) is 9.59 Å². The van der Waals surface area contributed by atoms with Gasteiger partial charge in [0.2, 0.25) is 0 Å². The van der Waals surface area contributed by atoms with E-state index in [2.05, 4.69) is 29.3 Å². The molecule has 37 heavy (non-hydrogen) atoms. The first-order chi connectivity index (χ1) is 17.5. The molecule has 0 spiro atoms. The van der Waals surface area contributed by atoms with Crippen LogP contribution in [0.1, 0.15) is 33.3 Å². The molecule has 0 unspecified atom stereocenters. The van der Waals surface area contributed by atoms with Crippen LogP contribution in [-0.2, 0) is 20.9 Å². The van der Waals surface area contributed by atoms with Crippen LogP contribution in [0.5, 0.6) is 11.5 Å². The third-order valence-corrected chi connectivity index (χ3v) is 6.24. The summed E-state index contributed by atoms with van der Waals surface area (Å²) in [5, 5.41) is 2.61. The number of hydrogen-bond donors (Lipinski definition) is 1. The van der Waals surface area contributed by atoms with Gasteiger partial charge < -0.3 is 29.2 Å². The number of anilines is 1. The molecule has 0 aromatic heterocycles. The smallest absolute Gasteiger partial charge is 0.408 e. The first-order valence-electron chi connectivity index (χ1n) is 12.6. The maximum absolute atomic E-state index is 13.0. The topological polar surface area (TPSA) is 89.6 Å². The Balaban J connectivity index is 1.25. The first kappa shape index (κ1) is 26.8. The maximum atomic E-state index is 13.0. The minimum Gasteiger partial charge on any atom is -0.492 e. The van der Waals surface area contributed by atoms with Crippen LogP contribution in [0.15, 0.2) is 48.5 Å². The highest BCUT2D eigenvalue weighted by Crippen LogP contribution is 2.34. The summed E-state index contributed by atoms with van der Waals surface area (Å²) in [6.07, 6.45) is -0.662. The van der Waals surface area contributed by atoms with E-state index in [0.717, 1.165) is 19.6 Å². The van der Waals surface area contributed by atoms with Crippen molar-refractivity contribution in [3.05, 3.63) is 54.1 Å². The highest BCUT2D eigenvalue weighted by Gasteiger charge is 2.39. The van der Waals surface area contributed by atoms with Crippen molar-refractivity contribution in [3.8, 4) is 11.5 Å². The van der Waals surface area contributed by atoms with Gasteiger partial charge in [-0.1, -0.05) is 30.3 Å². The molecule has 2 heterocycles. The van der Waals surface area contributed by atoms with Gasteiger partial charge in [0, 0.05) is 32.7 Å². The lowest BCUT2D eigenvalue weighted by Crippen LogP contribution is -2.61. The van der Waals surface area contributed by atoms with E-state index in [4.69, 9.17) is 18.9 Å². The van der Waals surface area contributed by atoms with Gasteiger partial charge in [0.25, 0.3) is 5.91 Å². The molecule has 1 N–H and O–H groups in total. The van der Waals surface area contributed by atoms with Crippen molar-refractivity contribution >= 4 is 17.7 Å². The van der Waals surface area contributed by atoms with Crippen molar-refractivity contribution in [3.63, 3.8) is 0 Å². The molecule has 1 saturated heterocycles. The van der Waals surface area contributed by atoms with Gasteiger partial charge in [0.15, 0.2) is 0 Å². The molecule has 9 nitrogen and oxygen atoms in total. The number of nitrogens with one attached hydrogen (secondary N) is 1. The Morgan fingerprint density at radius 3 is 2.59 bits per heavy atom. The van der Waals surface area contributed by atoms with Gasteiger partial charge in [-0.05, 0) is 45.4 Å². The van der Waals surface area contributed by atoms with Gasteiger partial charge in [-0.25, -0.2) is 4.79 Å². The molecule has 0 radical (unpaired) electrons. The quantitative estimate of drug-likeness (QED) is 0.579. The Morgan fingerprint density at radius 1 is 1.16 bits per heavy atom. The Labute approximate surface area is 218 Å². The number of nitrogens with zero attached hydrogens (tertiary/aromatic N) is 2. The molecule has 2 aliphatic heterocycles. The summed E-state index contributed by atoms with van der Waals surface area (Å²) in [4.78, 5) is 28.9. The van der Waals surface area contributed by atoms with Gasteiger partial charge in [0.05, 0.1) is 17.9 Å². The average molecular weight is 512 g/mol. The number of likely N-dealkylation sites (tertiary alicyclic amines) is 1. The lowest BCUT2D eigenvalue weighted by atomic mass is 9.96. The molecule has 0 bridgehead atoms. The number of fused-ring (bicyclic) bond motifs is 1. The molecule has 2 aromatic carbocycles. The number of amides is 2. The number of carbonyl (C=O) groups is 2. The summed E-state index contributed by atoms with van der Waals surface area (Å²) in [7, 11) is 1.65. The molecule has 1 fully saturated rings. The lowest BCUT2D eigenvalue weighted by molar-refractivity contribution is -0.141. The van der Waals surface area contributed by atoms with Crippen molar-refractivity contribution in [2.45, 2.75) is 51.5 Å². The van der Waals surface area contributed by atoms with E-state index in [-0.39, 0.29) is 18.1 Å². The second-order valence-electron chi connectivity index (χ2n) is 10.8. The Morgan fingerprint density at radius 2 is 1.89 bits per heavy atom. The van der Waals surface area contributed by atoms with Crippen LogP contribution in [0.3, 0.4) is 0 Å². The van der Waals surface area contributed by atoms with E-state index in [1.54, 1.807) is 40.0 Å². The van der Waals surface area contributed by atoms with Crippen molar-refractivity contribution in [1.82, 2.24) is 10.2 Å². The fourth-order valence-corrected chi connectivity index (χ4v) is 4.39. The maximum Gasteiger partial charge on any atom is 0.408 e. The summed E-state index contributed by atoms with van der Waals surface area (Å²) in [6.45, 7) is 11.0.